The molecule has 0 fully saturated rings. The van der Waals surface area contributed by atoms with Gasteiger partial charge in [-0.3, -0.25) is 0 Å². The Kier molecular flexibility index (Phi) is 19.1. The van der Waals surface area contributed by atoms with E-state index in [0.29, 0.717) is 36.3 Å². The number of benzene rings is 1. The molecule has 0 aromatic heterocycles. The highest BCUT2D eigenvalue weighted by atomic mass is 28.4. The van der Waals surface area contributed by atoms with Crippen LogP contribution in [0.2, 0.25) is 72.5 Å². The van der Waals surface area contributed by atoms with Crippen molar-refractivity contribution >= 4 is 39.2 Å². The molecule has 0 spiro atoms. The molecule has 1 aromatic carbocycles. The summed E-state index contributed by atoms with van der Waals surface area (Å²) in [5, 5.41) is 0.236. The van der Waals surface area contributed by atoms with E-state index < -0.39 is 45.0 Å². The van der Waals surface area contributed by atoms with Crippen LogP contribution in [-0.4, -0.2) is 77.1 Å². The lowest BCUT2D eigenvalue weighted by molar-refractivity contribution is -0.127. The Morgan fingerprint density at radius 1 is 0.635 bits per heavy atom. The van der Waals surface area contributed by atoms with Crippen molar-refractivity contribution in [2.75, 3.05) is 13.7 Å². The van der Waals surface area contributed by atoms with Crippen molar-refractivity contribution in [1.29, 1.82) is 0 Å². The fourth-order valence-electron chi connectivity index (χ4n) is 6.71. The number of ether oxygens (including phenoxy) is 3. The molecule has 0 bridgehead atoms. The number of cyclic esters (lactones) is 1. The Balaban J connectivity index is 2.60. The van der Waals surface area contributed by atoms with Gasteiger partial charge in [0, 0.05) is 45.3 Å². The lowest BCUT2D eigenvalue weighted by Crippen LogP contribution is -2.52. The average Bonchev–Trinajstić information content (AvgIpc) is 3.07. The second-order valence-corrected chi connectivity index (χ2v) is 44.5. The molecule has 1 heterocycles. The van der Waals surface area contributed by atoms with Crippen molar-refractivity contribution in [2.45, 2.75) is 240 Å². The van der Waals surface area contributed by atoms with Crippen molar-refractivity contribution in [2.24, 2.45) is 17.8 Å². The van der Waals surface area contributed by atoms with Crippen LogP contribution < -0.4 is 9.47 Å². The first-order valence-corrected chi connectivity index (χ1v) is 35.5. The van der Waals surface area contributed by atoms with Crippen molar-refractivity contribution in [3.8, 4) is 23.3 Å². The first-order chi connectivity index (χ1) is 28.1. The molecule has 1 aliphatic rings. The highest BCUT2D eigenvalue weighted by Crippen LogP contribution is 2.45. The van der Waals surface area contributed by atoms with Gasteiger partial charge < -0.3 is 31.9 Å². The molecular weight excluding hydrogens is 853 g/mol. The number of methoxy groups -OCH3 is 1. The van der Waals surface area contributed by atoms with Crippen LogP contribution in [0.15, 0.2) is 12.1 Å². The third-order valence-corrected chi connectivity index (χ3v) is 33.5. The zero-order valence-electron chi connectivity index (χ0n) is 45.4. The molecule has 0 N–H and O–H groups in total. The van der Waals surface area contributed by atoms with Crippen molar-refractivity contribution in [3.63, 3.8) is 0 Å². The van der Waals surface area contributed by atoms with E-state index >= 15 is 0 Å². The third-order valence-electron chi connectivity index (χ3n) is 15.4. The summed E-state index contributed by atoms with van der Waals surface area (Å²) >= 11 is 0. The van der Waals surface area contributed by atoms with E-state index in [0.717, 1.165) is 18.6 Å². The molecule has 12 heteroatoms. The maximum absolute atomic E-state index is 13.5. The minimum Gasteiger partial charge on any atom is -0.497 e. The number of carbonyl (C=O) groups excluding carboxylic acids is 1. The Labute approximate surface area is 392 Å². The van der Waals surface area contributed by atoms with Gasteiger partial charge >= 0.3 is 5.97 Å². The molecule has 1 aliphatic heterocycles. The van der Waals surface area contributed by atoms with Crippen LogP contribution in [0.1, 0.15) is 153 Å². The summed E-state index contributed by atoms with van der Waals surface area (Å²) in [5.41, 5.74) is 1.23. The van der Waals surface area contributed by atoms with Gasteiger partial charge in [-0.05, 0) is 109 Å². The van der Waals surface area contributed by atoms with Gasteiger partial charge in [-0.2, -0.15) is 0 Å². The lowest BCUT2D eigenvalue weighted by Gasteiger charge is -2.46. The zero-order chi connectivity index (χ0) is 49.2. The van der Waals surface area contributed by atoms with Gasteiger partial charge in [-0.15, -0.1) is 11.8 Å². The maximum atomic E-state index is 13.5. The SMILES string of the molecule is COc1cc(C[C@@H](O[Si](C)(C)C(C)(C)C)[C@@H](C)CC#CC[C@H](O[Si](C)(C)C(C)(C)C)[C@@H](C)[C@H](O[Si](C)(C)C(C)(C)C)[C@H](C)CCO[Si](C)(C)C(C)(C)C)c2c(c1)OC(C)(C)OC2=O. The Hall–Kier alpha value is -1.44. The topological polar surface area (TPSA) is 81.7 Å². The molecule has 0 aliphatic carbocycles. The molecule has 364 valence electrons. The monoisotopic (exact) mass is 949 g/mol. The summed E-state index contributed by atoms with van der Waals surface area (Å²) in [6.45, 7) is 57.5. The average molecular weight is 950 g/mol. The van der Waals surface area contributed by atoms with Gasteiger partial charge in [0.2, 0.25) is 5.79 Å². The van der Waals surface area contributed by atoms with Crippen molar-refractivity contribution < 1.29 is 36.7 Å². The predicted octanol–water partition coefficient (Wildman–Crippen LogP) is 14.8. The van der Waals surface area contributed by atoms with Crippen LogP contribution in [0.4, 0.5) is 0 Å². The summed E-state index contributed by atoms with van der Waals surface area (Å²) in [6.07, 6.45) is 2.33. The van der Waals surface area contributed by atoms with Crippen LogP contribution in [0.25, 0.3) is 0 Å². The van der Waals surface area contributed by atoms with E-state index in [1.54, 1.807) is 27.0 Å². The summed E-state index contributed by atoms with van der Waals surface area (Å²) in [7, 11) is -6.89. The van der Waals surface area contributed by atoms with E-state index in [4.69, 9.17) is 31.9 Å². The summed E-state index contributed by atoms with van der Waals surface area (Å²) in [5.74, 6) is 7.33. The Morgan fingerprint density at radius 3 is 1.57 bits per heavy atom. The smallest absolute Gasteiger partial charge is 0.345 e. The van der Waals surface area contributed by atoms with E-state index in [1.165, 1.54) is 0 Å². The molecule has 0 saturated carbocycles. The van der Waals surface area contributed by atoms with Gasteiger partial charge in [0.15, 0.2) is 33.3 Å². The fourth-order valence-corrected chi connectivity index (χ4v) is 12.1. The van der Waals surface area contributed by atoms with E-state index in [-0.39, 0.29) is 56.2 Å². The Morgan fingerprint density at radius 2 is 1.10 bits per heavy atom. The first-order valence-electron chi connectivity index (χ1n) is 23.9. The van der Waals surface area contributed by atoms with Crippen molar-refractivity contribution in [1.82, 2.24) is 0 Å². The van der Waals surface area contributed by atoms with Gasteiger partial charge in [0.1, 0.15) is 17.1 Å². The second-order valence-electron chi connectivity index (χ2n) is 25.4. The molecule has 8 nitrogen and oxygen atoms in total. The molecular formula is C51H96O8Si4. The standard InChI is InChI=1S/C51H96O8Si4/c1-36(42(58-62(23,24)49(10,11)12)34-39-33-40(53-18)35-43-44(39)46(52)56-51(16,17)55-43)29-27-28-30-41(57-61(21,22)48(7,8)9)38(3)45(59-63(25,26)50(13,14)15)37(2)31-32-54-60(19,20)47(4,5)6/h33,35-38,41-42,45H,29-32,34H2,1-26H3/t36-,37+,38+,41-,42+,45+/m0/s1. The zero-order valence-corrected chi connectivity index (χ0v) is 49.4. The summed E-state index contributed by atoms with van der Waals surface area (Å²) < 4.78 is 46.4. The van der Waals surface area contributed by atoms with E-state index in [1.807, 2.05) is 6.07 Å². The highest BCUT2D eigenvalue weighted by Gasteiger charge is 2.47. The van der Waals surface area contributed by atoms with Gasteiger partial charge in [-0.25, -0.2) is 4.79 Å². The number of rotatable bonds is 19. The molecule has 0 unspecified atom stereocenters. The van der Waals surface area contributed by atoms with Gasteiger partial charge in [0.25, 0.3) is 0 Å². The van der Waals surface area contributed by atoms with Crippen LogP contribution in [0.3, 0.4) is 0 Å². The largest absolute Gasteiger partial charge is 0.497 e. The normalized spacial score (nSPS) is 18.5. The van der Waals surface area contributed by atoms with E-state index in [2.05, 4.69) is 168 Å². The number of hydrogen-bond acceptors (Lipinski definition) is 8. The first kappa shape index (κ1) is 57.7. The van der Waals surface area contributed by atoms with Crippen LogP contribution in [-0.2, 0) is 28.9 Å². The number of fused-ring (bicyclic) bond motifs is 1. The third kappa shape index (κ3) is 15.6. The van der Waals surface area contributed by atoms with E-state index in [9.17, 15) is 4.79 Å². The quantitative estimate of drug-likeness (QED) is 0.0771. The van der Waals surface area contributed by atoms with Gasteiger partial charge in [0.05, 0.1) is 25.4 Å². The molecule has 0 radical (unpaired) electrons. The van der Waals surface area contributed by atoms with Crippen molar-refractivity contribution in [3.05, 3.63) is 23.3 Å². The summed E-state index contributed by atoms with van der Waals surface area (Å²) in [6, 6.07) is 3.70. The predicted molar refractivity (Wildman–Crippen MR) is 275 cm³/mol. The van der Waals surface area contributed by atoms with Crippen LogP contribution in [0.5, 0.6) is 11.5 Å². The van der Waals surface area contributed by atoms with Crippen LogP contribution >= 0.6 is 0 Å². The van der Waals surface area contributed by atoms with Crippen LogP contribution in [0, 0.1) is 29.6 Å². The fraction of sp³-hybridized carbons (Fsp3) is 0.824. The molecule has 0 saturated heterocycles. The minimum atomic E-state index is -2.25. The molecule has 0 amide bonds. The van der Waals surface area contributed by atoms with Gasteiger partial charge in [-0.1, -0.05) is 104 Å². The minimum absolute atomic E-state index is 0.0122. The molecule has 2 rings (SSSR count). The number of esters is 1. The number of hydrogen-bond donors (Lipinski definition) is 0. The molecule has 63 heavy (non-hydrogen) atoms. The highest BCUT2D eigenvalue weighted by molar-refractivity contribution is 6.75. The number of carbonyl (C=O) groups is 1. The Bertz CT molecular complexity index is 1730. The molecule has 6 atom stereocenters. The summed E-state index contributed by atoms with van der Waals surface area (Å²) in [4.78, 5) is 13.5. The molecule has 1 aromatic rings. The second kappa shape index (κ2) is 20.8. The lowest BCUT2D eigenvalue weighted by atomic mass is 9.86. The maximum Gasteiger partial charge on any atom is 0.345 e.